The third kappa shape index (κ3) is 22.4. The molecule has 8 N–H and O–H groups in total. The highest BCUT2D eigenvalue weighted by molar-refractivity contribution is 9.11. The Balaban J connectivity index is 0.000000117. The molecule has 7 heterocycles. The summed E-state index contributed by atoms with van der Waals surface area (Å²) in [5.74, 6) is 0.423. The Morgan fingerprint density at radius 2 is 0.591 bits per heavy atom. The third-order valence-corrected chi connectivity index (χ3v) is 28.4. The molecule has 0 unspecified atom stereocenters. The van der Waals surface area contributed by atoms with E-state index in [2.05, 4.69) is 205 Å². The Bertz CT molecular complexity index is 8540. The van der Waals surface area contributed by atoms with Gasteiger partial charge >= 0.3 is 17.9 Å². The summed E-state index contributed by atoms with van der Waals surface area (Å²) in [6, 6.07) is 137. The van der Waals surface area contributed by atoms with E-state index >= 15 is 0 Å². The standard InChI is InChI=1S/C28H23N3O2.C28H20N2O2S.C24H19N3.2C22H14Br2N2O2/c1-18-25(23-16-10-11-17-24(23)30(18)19(2)32)28-29-26(21-12-6-4-7-13-21)27(31(28)20(3)33)22-14-8-5-9-15-22;31-28(32)22-13-11-21(12-14-22)27-29-25(19-7-3-1-4-8-19)26(30-27)20-15-17-24(18-16-20)33-23-9-5-2-6-10-23;1-16-21(19-14-8-9-15-20(19)25-16)24-26-22(17-10-4-2-5-11-17)23(27-24)18-12-6-3-7-13-18;2*23-16-11-9-13(10-12-16)19-20(17-3-1-2-4-18(17)24)26-21(25-19)14-5-7-15(8-6-14)22(27)28/h4-17H,1-3H3;1-18H,(H,29,30)(H,31,32);2-15,25H,1H3,(H,26,27);2*1-12H,(H,25,26)(H,27,28). The molecule has 728 valence electrons. The van der Waals surface area contributed by atoms with Crippen LogP contribution >= 0.6 is 75.5 Å². The molecule has 0 fully saturated rings. The van der Waals surface area contributed by atoms with Crippen LogP contribution < -0.4 is 0 Å². The van der Waals surface area contributed by atoms with Crippen molar-refractivity contribution < 1.29 is 39.3 Å². The molecule has 0 radical (unpaired) electrons. The van der Waals surface area contributed by atoms with E-state index in [0.717, 1.165) is 197 Å². The summed E-state index contributed by atoms with van der Waals surface area (Å²) in [6.45, 7) is 7.10. The number of carboxylic acids is 3. The summed E-state index contributed by atoms with van der Waals surface area (Å²) in [6.07, 6.45) is 0. The summed E-state index contributed by atoms with van der Waals surface area (Å²) in [5, 5.41) is 29.5. The quantitative estimate of drug-likeness (QED) is 0.0352. The summed E-state index contributed by atoms with van der Waals surface area (Å²) in [7, 11) is 0. The van der Waals surface area contributed by atoms with Crippen LogP contribution in [0.2, 0.25) is 0 Å². The van der Waals surface area contributed by atoms with Crippen molar-refractivity contribution in [1.29, 1.82) is 0 Å². The number of hydrogen-bond acceptors (Lipinski definition) is 11. The maximum Gasteiger partial charge on any atom is 0.335 e. The van der Waals surface area contributed by atoms with Gasteiger partial charge in [0.2, 0.25) is 11.8 Å². The fourth-order valence-electron chi connectivity index (χ4n) is 17.8. The van der Waals surface area contributed by atoms with Gasteiger partial charge in [0, 0.05) is 153 Å². The minimum atomic E-state index is -0.949. The van der Waals surface area contributed by atoms with Crippen LogP contribution in [0.3, 0.4) is 0 Å². The molecule has 25 heteroatoms. The smallest absolute Gasteiger partial charge is 0.335 e. The van der Waals surface area contributed by atoms with Crippen LogP contribution in [-0.2, 0) is 0 Å². The van der Waals surface area contributed by atoms with Crippen LogP contribution in [0.1, 0.15) is 65.9 Å². The average molecular weight is 2230 g/mol. The molecule has 0 spiro atoms. The number of para-hydroxylation sites is 2. The van der Waals surface area contributed by atoms with Gasteiger partial charge in [-0.15, -0.1) is 0 Å². The number of aromatic carboxylic acids is 3. The van der Waals surface area contributed by atoms with Gasteiger partial charge in [-0.2, -0.15) is 0 Å². The molecule has 16 aromatic carbocycles. The van der Waals surface area contributed by atoms with Crippen LogP contribution in [0.15, 0.2) is 452 Å². The topological polar surface area (TPSA) is 299 Å². The van der Waals surface area contributed by atoms with E-state index in [1.54, 1.807) is 108 Å². The van der Waals surface area contributed by atoms with Crippen LogP contribution in [0.5, 0.6) is 0 Å². The molecular weight excluding hydrogens is 2140 g/mol. The van der Waals surface area contributed by atoms with Crippen molar-refractivity contribution in [3.8, 4) is 170 Å². The van der Waals surface area contributed by atoms with E-state index in [9.17, 15) is 29.1 Å². The molecule has 0 amide bonds. The molecule has 20 nitrogen and oxygen atoms in total. The van der Waals surface area contributed by atoms with E-state index in [1.807, 2.05) is 250 Å². The predicted molar refractivity (Wildman–Crippen MR) is 610 cm³/mol. The number of halogens is 4. The normalized spacial score (nSPS) is 10.9. The molecule has 23 aromatic rings. The van der Waals surface area contributed by atoms with E-state index in [4.69, 9.17) is 35.1 Å². The minimum absolute atomic E-state index is 0.0811. The number of fused-ring (bicyclic) bond motifs is 2. The number of imidazole rings is 5. The highest BCUT2D eigenvalue weighted by Crippen LogP contribution is 2.46. The van der Waals surface area contributed by atoms with E-state index in [1.165, 1.54) is 10.3 Å². The number of carboxylic acid groups (broad SMARTS) is 3. The number of carbonyl (C=O) groups excluding carboxylic acids is 2. The number of H-pyrrole nitrogens is 5. The van der Waals surface area contributed by atoms with Crippen LogP contribution in [0, 0.1) is 13.8 Å². The molecule has 0 atom stereocenters. The zero-order chi connectivity index (χ0) is 103. The van der Waals surface area contributed by atoms with Crippen LogP contribution in [0.25, 0.3) is 191 Å². The van der Waals surface area contributed by atoms with Crippen molar-refractivity contribution >= 4 is 127 Å². The van der Waals surface area contributed by atoms with Crippen molar-refractivity contribution in [1.82, 2.24) is 59.0 Å². The number of aryl methyl sites for hydroxylation is 1. The van der Waals surface area contributed by atoms with E-state index in [-0.39, 0.29) is 28.5 Å². The zero-order valence-corrected chi connectivity index (χ0v) is 87.5. The second-order valence-corrected chi connectivity index (χ2v) is 39.3. The Kier molecular flexibility index (Phi) is 30.7. The van der Waals surface area contributed by atoms with Gasteiger partial charge in [0.1, 0.15) is 29.1 Å². The van der Waals surface area contributed by atoms with Gasteiger partial charge < -0.3 is 40.2 Å². The van der Waals surface area contributed by atoms with E-state index < -0.39 is 17.9 Å². The molecule has 0 aliphatic heterocycles. The first kappa shape index (κ1) is 100. The van der Waals surface area contributed by atoms with Gasteiger partial charge in [-0.25, -0.2) is 39.3 Å². The monoisotopic (exact) mass is 2220 g/mol. The molecule has 149 heavy (non-hydrogen) atoms. The number of nitrogens with zero attached hydrogens (tertiary/aromatic N) is 7. The van der Waals surface area contributed by atoms with Crippen molar-refractivity contribution in [2.45, 2.75) is 37.5 Å². The van der Waals surface area contributed by atoms with Crippen molar-refractivity contribution in [3.63, 3.8) is 0 Å². The first-order chi connectivity index (χ1) is 72.5. The predicted octanol–water partition coefficient (Wildman–Crippen LogP) is 33.2. The Morgan fingerprint density at radius 1 is 0.275 bits per heavy atom. The number of aromatic nitrogens is 12. The minimum Gasteiger partial charge on any atom is -0.478 e. The van der Waals surface area contributed by atoms with E-state index in [0.29, 0.717) is 23.3 Å². The largest absolute Gasteiger partial charge is 0.478 e. The lowest BCUT2D eigenvalue weighted by atomic mass is 10.0. The summed E-state index contributed by atoms with van der Waals surface area (Å²) in [5.41, 5.74) is 27.7. The number of aromatic amines is 5. The first-order valence-electron chi connectivity index (χ1n) is 47.4. The third-order valence-electron chi connectivity index (χ3n) is 24.9. The summed E-state index contributed by atoms with van der Waals surface area (Å²) in [4.78, 5) is 103. The first-order valence-corrected chi connectivity index (χ1v) is 51.4. The summed E-state index contributed by atoms with van der Waals surface area (Å²) < 4.78 is 7.29. The van der Waals surface area contributed by atoms with Gasteiger partial charge in [0.05, 0.1) is 79.1 Å². The molecule has 7 aromatic heterocycles. The summed E-state index contributed by atoms with van der Waals surface area (Å²) >= 11 is 15.9. The van der Waals surface area contributed by atoms with Gasteiger partial charge in [-0.1, -0.05) is 391 Å². The number of nitrogens with one attached hydrogen (secondary N) is 5. The van der Waals surface area contributed by atoms with Gasteiger partial charge in [-0.3, -0.25) is 18.7 Å². The van der Waals surface area contributed by atoms with Crippen molar-refractivity contribution in [2.24, 2.45) is 0 Å². The number of benzene rings is 16. The highest BCUT2D eigenvalue weighted by atomic mass is 79.9. The molecule has 0 saturated heterocycles. The maximum atomic E-state index is 13.1. The van der Waals surface area contributed by atoms with Crippen LogP contribution in [0.4, 0.5) is 0 Å². The highest BCUT2D eigenvalue weighted by Gasteiger charge is 2.30. The van der Waals surface area contributed by atoms with Crippen LogP contribution in [-0.4, -0.2) is 104 Å². The molecule has 23 rings (SSSR count). The molecule has 0 bridgehead atoms. The Labute approximate surface area is 895 Å². The van der Waals surface area contributed by atoms with Crippen molar-refractivity contribution in [3.05, 3.63) is 471 Å². The Morgan fingerprint density at radius 3 is 1.01 bits per heavy atom. The van der Waals surface area contributed by atoms with Gasteiger partial charge in [0.15, 0.2) is 0 Å². The second-order valence-electron chi connectivity index (χ2n) is 34.6. The lowest BCUT2D eigenvalue weighted by Crippen LogP contribution is -2.11. The average Bonchev–Trinajstić information content (AvgIpc) is 1.61. The lowest BCUT2D eigenvalue weighted by molar-refractivity contribution is 0.0686. The number of carbonyl (C=O) groups is 5. The second kappa shape index (κ2) is 45.5. The molecular formula is C124H90Br4N12O8S. The molecule has 0 saturated carbocycles. The fourth-order valence-corrected chi connectivity index (χ4v) is 20.2. The lowest BCUT2D eigenvalue weighted by Gasteiger charge is -2.10. The van der Waals surface area contributed by atoms with Gasteiger partial charge in [0.25, 0.3) is 0 Å². The van der Waals surface area contributed by atoms with Gasteiger partial charge in [-0.05, 0) is 123 Å². The molecule has 0 aliphatic rings. The molecule has 0 aliphatic carbocycles. The maximum absolute atomic E-state index is 13.1. The Hall–Kier alpha value is -17.3. The SMILES string of the molecule is CC(=O)n1c(-c2c(C)n(C(C)=O)c3ccccc23)nc(-c2ccccc2)c1-c1ccccc1.Cc1[nH]c2ccccc2c1-c1nc(-c2ccccc2)c(-c2ccccc2)[nH]1.O=C(O)c1ccc(-c2nc(-c3ccc(Br)cc3)c(-c3ccccc3Br)[nH]2)cc1.O=C(O)c1ccc(-c2nc(-c3ccc(Br)cc3)c(-c3ccccc3Br)[nH]2)cc1.O=C(O)c1ccc(-c2nc(-c3ccccc3)c(-c3ccc(Sc4ccccc4)cc3)[nH]2)cc1. The van der Waals surface area contributed by atoms with Crippen molar-refractivity contribution in [2.75, 3.05) is 0 Å². The zero-order valence-electron chi connectivity index (χ0n) is 80.3. The number of rotatable bonds is 20. The fraction of sp³-hybridized carbons (Fsp3) is 0.0323. The number of hydrogen-bond donors (Lipinski definition) is 8.